The van der Waals surface area contributed by atoms with Gasteiger partial charge < -0.3 is 5.73 Å². The maximum atomic E-state index is 5.36. The standard InChI is InChI=1S/C15H16N4.C2H6.H2/c16-12-19-15(14-7-4-9-17-11-14)18-10-8-13-5-2-1-3-6-13;1-2;/h1-7,9,11-12H,8,10H2,(H2,16,18,19);1-2H3;1H. The van der Waals surface area contributed by atoms with E-state index in [4.69, 9.17) is 5.73 Å². The van der Waals surface area contributed by atoms with Crippen molar-refractivity contribution in [2.75, 3.05) is 6.54 Å². The van der Waals surface area contributed by atoms with Crippen LogP contribution < -0.4 is 5.73 Å². The molecule has 112 valence electrons. The highest BCUT2D eigenvalue weighted by Crippen LogP contribution is 2.03. The van der Waals surface area contributed by atoms with Crippen LogP contribution in [0.4, 0.5) is 0 Å². The van der Waals surface area contributed by atoms with Crippen LogP contribution in [0.25, 0.3) is 0 Å². The van der Waals surface area contributed by atoms with Gasteiger partial charge in [0.1, 0.15) is 0 Å². The lowest BCUT2D eigenvalue weighted by Crippen LogP contribution is -2.03. The zero-order chi connectivity index (χ0) is 15.3. The molecule has 0 atom stereocenters. The minimum absolute atomic E-state index is 0. The van der Waals surface area contributed by atoms with Crippen molar-refractivity contribution < 1.29 is 1.43 Å². The summed E-state index contributed by atoms with van der Waals surface area (Å²) in [4.78, 5) is 12.6. The molecule has 1 aromatic carbocycles. The van der Waals surface area contributed by atoms with Crippen molar-refractivity contribution in [3.63, 3.8) is 0 Å². The normalized spacial score (nSPS) is 11.0. The van der Waals surface area contributed by atoms with Gasteiger partial charge in [-0.15, -0.1) is 0 Å². The van der Waals surface area contributed by atoms with E-state index in [1.54, 1.807) is 12.4 Å². The van der Waals surface area contributed by atoms with Crippen LogP contribution in [0.5, 0.6) is 0 Å². The molecule has 0 aliphatic rings. The summed E-state index contributed by atoms with van der Waals surface area (Å²) in [5, 5.41) is 0. The van der Waals surface area contributed by atoms with Gasteiger partial charge in [-0.25, -0.2) is 4.99 Å². The number of rotatable bonds is 4. The Labute approximate surface area is 128 Å². The van der Waals surface area contributed by atoms with E-state index in [1.807, 2.05) is 44.2 Å². The fourth-order valence-corrected chi connectivity index (χ4v) is 1.71. The molecule has 2 N–H and O–H groups in total. The number of amidine groups is 1. The van der Waals surface area contributed by atoms with Crippen LogP contribution in [0, 0.1) is 0 Å². The minimum Gasteiger partial charge on any atom is -0.390 e. The predicted molar refractivity (Wildman–Crippen MR) is 91.9 cm³/mol. The first-order valence-corrected chi connectivity index (χ1v) is 7.13. The van der Waals surface area contributed by atoms with Crippen molar-refractivity contribution in [1.82, 2.24) is 4.98 Å². The first-order valence-electron chi connectivity index (χ1n) is 7.13. The number of pyridine rings is 1. The predicted octanol–water partition coefficient (Wildman–Crippen LogP) is 3.33. The average molecular weight is 284 g/mol. The van der Waals surface area contributed by atoms with Crippen LogP contribution in [0.15, 0.2) is 64.8 Å². The van der Waals surface area contributed by atoms with Crippen LogP contribution >= 0.6 is 0 Å². The van der Waals surface area contributed by atoms with E-state index in [-0.39, 0.29) is 1.43 Å². The van der Waals surface area contributed by atoms with Crippen molar-refractivity contribution in [3.8, 4) is 0 Å². The third-order valence-electron chi connectivity index (χ3n) is 2.62. The molecule has 0 saturated heterocycles. The Hall–Kier alpha value is -2.49. The number of benzene rings is 1. The largest absolute Gasteiger partial charge is 0.390 e. The highest BCUT2D eigenvalue weighted by atomic mass is 14.9. The van der Waals surface area contributed by atoms with Crippen molar-refractivity contribution >= 4 is 12.2 Å². The van der Waals surface area contributed by atoms with Crippen LogP contribution in [0.3, 0.4) is 0 Å². The molecule has 4 nitrogen and oxygen atoms in total. The van der Waals surface area contributed by atoms with E-state index < -0.39 is 0 Å². The Balaban J connectivity index is 0.00000141. The summed E-state index contributed by atoms with van der Waals surface area (Å²) in [6.45, 7) is 4.67. The summed E-state index contributed by atoms with van der Waals surface area (Å²) < 4.78 is 0. The van der Waals surface area contributed by atoms with Crippen LogP contribution in [0.1, 0.15) is 26.4 Å². The first kappa shape index (κ1) is 16.6. The molecule has 0 saturated carbocycles. The van der Waals surface area contributed by atoms with E-state index >= 15 is 0 Å². The summed E-state index contributed by atoms with van der Waals surface area (Å²) in [6.07, 6.45) is 5.59. The second-order valence-electron chi connectivity index (χ2n) is 3.96. The molecule has 0 aliphatic heterocycles. The molecule has 0 fully saturated rings. The lowest BCUT2D eigenvalue weighted by molar-refractivity contribution is 0.965. The quantitative estimate of drug-likeness (QED) is 0.691. The lowest BCUT2D eigenvalue weighted by atomic mass is 10.1. The maximum absolute atomic E-state index is 5.36. The Kier molecular flexibility index (Phi) is 8.14. The molecule has 0 unspecified atom stereocenters. The summed E-state index contributed by atoms with van der Waals surface area (Å²) in [7, 11) is 0. The zero-order valence-corrected chi connectivity index (χ0v) is 12.6. The van der Waals surface area contributed by atoms with E-state index in [9.17, 15) is 0 Å². The number of aromatic nitrogens is 1. The van der Waals surface area contributed by atoms with E-state index in [0.29, 0.717) is 12.4 Å². The Morgan fingerprint density at radius 3 is 2.57 bits per heavy atom. The van der Waals surface area contributed by atoms with Gasteiger partial charge in [0.05, 0.1) is 6.34 Å². The molecule has 2 rings (SSSR count). The van der Waals surface area contributed by atoms with Crippen LogP contribution in [-0.2, 0) is 6.42 Å². The van der Waals surface area contributed by atoms with Crippen molar-refractivity contribution in [2.24, 2.45) is 15.7 Å². The van der Waals surface area contributed by atoms with E-state index in [1.165, 1.54) is 11.9 Å². The van der Waals surface area contributed by atoms with Gasteiger partial charge in [-0.3, -0.25) is 9.98 Å². The summed E-state index contributed by atoms with van der Waals surface area (Å²) >= 11 is 0. The Bertz CT molecular complexity index is 553. The molecule has 0 amide bonds. The number of aliphatic imine (C=N–C) groups is 2. The Morgan fingerprint density at radius 2 is 1.95 bits per heavy atom. The topological polar surface area (TPSA) is 63.6 Å². The second kappa shape index (κ2) is 10.3. The van der Waals surface area contributed by atoms with Gasteiger partial charge in [-0.1, -0.05) is 44.2 Å². The first-order chi connectivity index (χ1) is 10.4. The molecule has 0 spiro atoms. The molecular weight excluding hydrogens is 260 g/mol. The van der Waals surface area contributed by atoms with Crippen molar-refractivity contribution in [1.29, 1.82) is 0 Å². The number of hydrogen-bond acceptors (Lipinski definition) is 2. The summed E-state index contributed by atoms with van der Waals surface area (Å²) in [5.74, 6) is 0.617. The summed E-state index contributed by atoms with van der Waals surface area (Å²) in [5.41, 5.74) is 7.49. The third kappa shape index (κ3) is 5.99. The highest BCUT2D eigenvalue weighted by Gasteiger charge is 2.00. The molecular formula is C17H24N4. The number of nitrogens with zero attached hydrogens (tertiary/aromatic N) is 3. The second-order valence-corrected chi connectivity index (χ2v) is 3.96. The smallest absolute Gasteiger partial charge is 0.157 e. The molecule has 0 aliphatic carbocycles. The van der Waals surface area contributed by atoms with Gasteiger partial charge in [0, 0.05) is 25.9 Å². The fourth-order valence-electron chi connectivity index (χ4n) is 1.71. The zero-order valence-electron chi connectivity index (χ0n) is 12.6. The summed E-state index contributed by atoms with van der Waals surface area (Å²) in [6, 6.07) is 14.0. The van der Waals surface area contributed by atoms with Crippen LogP contribution in [0.2, 0.25) is 0 Å². The molecule has 1 heterocycles. The lowest BCUT2D eigenvalue weighted by Gasteiger charge is -2.01. The maximum Gasteiger partial charge on any atom is 0.157 e. The van der Waals surface area contributed by atoms with Crippen LogP contribution in [-0.4, -0.2) is 23.7 Å². The molecule has 0 radical (unpaired) electrons. The van der Waals surface area contributed by atoms with Crippen molar-refractivity contribution in [3.05, 3.63) is 66.0 Å². The van der Waals surface area contributed by atoms with Gasteiger partial charge >= 0.3 is 0 Å². The molecule has 2 aromatic rings. The van der Waals surface area contributed by atoms with Gasteiger partial charge in [-0.2, -0.15) is 0 Å². The minimum atomic E-state index is 0. The monoisotopic (exact) mass is 284 g/mol. The number of nitrogens with two attached hydrogens (primary N) is 1. The molecule has 21 heavy (non-hydrogen) atoms. The SMILES string of the molecule is CC.NC=NC(=NCCc1ccccc1)c1cccnc1.[HH]. The van der Waals surface area contributed by atoms with Gasteiger partial charge in [0.15, 0.2) is 5.84 Å². The van der Waals surface area contributed by atoms with Gasteiger partial charge in [-0.05, 0) is 24.1 Å². The molecule has 1 aromatic heterocycles. The van der Waals surface area contributed by atoms with Gasteiger partial charge in [0.2, 0.25) is 0 Å². The van der Waals surface area contributed by atoms with E-state index in [0.717, 1.165) is 12.0 Å². The average Bonchev–Trinajstić information content (AvgIpc) is 2.58. The Morgan fingerprint density at radius 1 is 1.19 bits per heavy atom. The molecule has 0 bridgehead atoms. The number of hydrogen-bond donors (Lipinski definition) is 1. The van der Waals surface area contributed by atoms with Crippen molar-refractivity contribution in [2.45, 2.75) is 20.3 Å². The fraction of sp³-hybridized carbons (Fsp3) is 0.235. The molecule has 4 heteroatoms. The van der Waals surface area contributed by atoms with E-state index in [2.05, 4.69) is 27.1 Å². The third-order valence-corrected chi connectivity index (χ3v) is 2.62. The highest BCUT2D eigenvalue weighted by molar-refractivity contribution is 6.02. The van der Waals surface area contributed by atoms with Gasteiger partial charge in [0.25, 0.3) is 0 Å².